The summed E-state index contributed by atoms with van der Waals surface area (Å²) in [5, 5.41) is 9.25. The predicted molar refractivity (Wildman–Crippen MR) is 99.0 cm³/mol. The van der Waals surface area contributed by atoms with Crippen LogP contribution in [-0.2, 0) is 17.6 Å². The molecule has 0 saturated heterocycles. The molecule has 5 heteroatoms. The molecule has 132 valence electrons. The van der Waals surface area contributed by atoms with Gasteiger partial charge in [0.05, 0.1) is 0 Å². The maximum atomic E-state index is 10.7. The maximum Gasteiger partial charge on any atom is 0.216 e. The number of aryl methyl sites for hydroxylation is 2. The number of nitrogens with one attached hydrogen (secondary N) is 3. The maximum absolute atomic E-state index is 10.7. The van der Waals surface area contributed by atoms with Gasteiger partial charge in [-0.2, -0.15) is 0 Å². The number of carbonyl (C=O) groups excluding carboxylic acids is 1. The second-order valence-corrected chi connectivity index (χ2v) is 5.10. The van der Waals surface area contributed by atoms with Crippen LogP contribution in [0, 0.1) is 0 Å². The second kappa shape index (κ2) is 14.0. The van der Waals surface area contributed by atoms with E-state index in [-0.39, 0.29) is 5.91 Å². The van der Waals surface area contributed by atoms with Crippen molar-refractivity contribution in [1.82, 2.24) is 15.6 Å². The molecule has 0 unspecified atom stereocenters. The van der Waals surface area contributed by atoms with E-state index in [1.54, 1.807) is 0 Å². The van der Waals surface area contributed by atoms with Crippen LogP contribution < -0.4 is 16.0 Å². The summed E-state index contributed by atoms with van der Waals surface area (Å²) in [6, 6.07) is 4.30. The lowest BCUT2D eigenvalue weighted by Gasteiger charge is -2.09. The number of pyridine rings is 1. The molecular weight excluding hydrogens is 288 g/mol. The lowest BCUT2D eigenvalue weighted by molar-refractivity contribution is -0.118. The second-order valence-electron chi connectivity index (χ2n) is 5.10. The third-order valence-electron chi connectivity index (χ3n) is 3.37. The number of aromatic nitrogens is 1. The van der Waals surface area contributed by atoms with Crippen molar-refractivity contribution in [1.29, 1.82) is 0 Å². The summed E-state index contributed by atoms with van der Waals surface area (Å²) in [4.78, 5) is 15.3. The highest BCUT2D eigenvalue weighted by Crippen LogP contribution is 2.14. The Kier molecular flexibility index (Phi) is 13.0. The molecule has 0 atom stereocenters. The Morgan fingerprint density at radius 3 is 2.48 bits per heavy atom. The molecule has 0 saturated carbocycles. The van der Waals surface area contributed by atoms with Crippen molar-refractivity contribution >= 4 is 11.7 Å². The smallest absolute Gasteiger partial charge is 0.216 e. The first-order valence-corrected chi connectivity index (χ1v) is 8.79. The molecule has 23 heavy (non-hydrogen) atoms. The topological polar surface area (TPSA) is 66.0 Å². The lowest BCUT2D eigenvalue weighted by Crippen LogP contribution is -2.30. The Labute approximate surface area is 141 Å². The SMILES string of the molecule is CC.CCc1ccc(CCCCNCCNC(C)=O)nc1NC. The van der Waals surface area contributed by atoms with E-state index in [4.69, 9.17) is 0 Å². The first-order chi connectivity index (χ1) is 11.2. The van der Waals surface area contributed by atoms with Crippen molar-refractivity contribution in [2.45, 2.75) is 53.4 Å². The summed E-state index contributed by atoms with van der Waals surface area (Å²) >= 11 is 0. The highest BCUT2D eigenvalue weighted by Gasteiger charge is 2.02. The van der Waals surface area contributed by atoms with Crippen LogP contribution in [0.3, 0.4) is 0 Å². The minimum absolute atomic E-state index is 0.0266. The zero-order valence-corrected chi connectivity index (χ0v) is 15.5. The largest absolute Gasteiger partial charge is 0.373 e. The molecule has 0 spiro atoms. The summed E-state index contributed by atoms with van der Waals surface area (Å²) in [7, 11) is 1.92. The quantitative estimate of drug-likeness (QED) is 0.580. The van der Waals surface area contributed by atoms with Gasteiger partial charge in [0, 0.05) is 32.8 Å². The Bertz CT molecular complexity index is 435. The first-order valence-electron chi connectivity index (χ1n) is 8.79. The third-order valence-corrected chi connectivity index (χ3v) is 3.37. The van der Waals surface area contributed by atoms with E-state index in [1.807, 2.05) is 20.9 Å². The van der Waals surface area contributed by atoms with E-state index in [1.165, 1.54) is 12.5 Å². The Morgan fingerprint density at radius 2 is 1.87 bits per heavy atom. The van der Waals surface area contributed by atoms with Gasteiger partial charge in [-0.15, -0.1) is 0 Å². The molecule has 3 N–H and O–H groups in total. The van der Waals surface area contributed by atoms with E-state index in [0.29, 0.717) is 6.54 Å². The normalized spacial score (nSPS) is 9.78. The molecule has 0 aromatic carbocycles. The number of hydrogen-bond donors (Lipinski definition) is 3. The van der Waals surface area contributed by atoms with Gasteiger partial charge in [-0.25, -0.2) is 4.98 Å². The van der Waals surface area contributed by atoms with Crippen LogP contribution in [0.2, 0.25) is 0 Å². The fourth-order valence-electron chi connectivity index (χ4n) is 2.18. The van der Waals surface area contributed by atoms with Gasteiger partial charge in [0.1, 0.15) is 5.82 Å². The summed E-state index contributed by atoms with van der Waals surface area (Å²) in [6.45, 7) is 10.2. The number of unbranched alkanes of at least 4 members (excludes halogenated alkanes) is 1. The van der Waals surface area contributed by atoms with Crippen LogP contribution in [0.1, 0.15) is 51.8 Å². The number of amides is 1. The average Bonchev–Trinajstić information content (AvgIpc) is 2.58. The highest BCUT2D eigenvalue weighted by atomic mass is 16.1. The van der Waals surface area contributed by atoms with Crippen molar-refractivity contribution in [2.75, 3.05) is 32.0 Å². The zero-order valence-electron chi connectivity index (χ0n) is 15.5. The highest BCUT2D eigenvalue weighted by molar-refractivity contribution is 5.72. The summed E-state index contributed by atoms with van der Waals surface area (Å²) in [5.41, 5.74) is 2.41. The third kappa shape index (κ3) is 9.89. The van der Waals surface area contributed by atoms with Gasteiger partial charge in [0.25, 0.3) is 0 Å². The average molecular weight is 322 g/mol. The molecule has 0 bridgehead atoms. The zero-order chi connectivity index (χ0) is 17.5. The monoisotopic (exact) mass is 322 g/mol. The minimum atomic E-state index is 0.0266. The van der Waals surface area contributed by atoms with Crippen molar-refractivity contribution in [3.8, 4) is 0 Å². The van der Waals surface area contributed by atoms with Crippen LogP contribution in [0.15, 0.2) is 12.1 Å². The minimum Gasteiger partial charge on any atom is -0.373 e. The molecular formula is C18H34N4O. The van der Waals surface area contributed by atoms with Gasteiger partial charge in [-0.3, -0.25) is 4.79 Å². The molecule has 1 amide bonds. The Hall–Kier alpha value is -1.62. The number of anilines is 1. The van der Waals surface area contributed by atoms with Gasteiger partial charge in [0.2, 0.25) is 5.91 Å². The van der Waals surface area contributed by atoms with Crippen molar-refractivity contribution in [2.24, 2.45) is 0 Å². The standard InChI is InChI=1S/C16H28N4O.C2H6/c1-4-14-8-9-15(20-16(14)17-3)7-5-6-10-18-11-12-19-13(2)21;1-2/h8-9,18H,4-7,10-12H2,1-3H3,(H,17,20)(H,19,21);1-2H3. The van der Waals surface area contributed by atoms with E-state index in [2.05, 4.69) is 40.0 Å². The fourth-order valence-corrected chi connectivity index (χ4v) is 2.18. The Morgan fingerprint density at radius 1 is 1.13 bits per heavy atom. The van der Waals surface area contributed by atoms with Gasteiger partial charge >= 0.3 is 0 Å². The molecule has 0 aliphatic heterocycles. The Balaban J connectivity index is 0.00000232. The molecule has 1 heterocycles. The molecule has 1 aromatic rings. The van der Waals surface area contributed by atoms with Crippen molar-refractivity contribution in [3.05, 3.63) is 23.4 Å². The molecule has 0 aliphatic carbocycles. The molecule has 0 radical (unpaired) electrons. The molecule has 1 rings (SSSR count). The van der Waals surface area contributed by atoms with Crippen LogP contribution in [0.25, 0.3) is 0 Å². The fraction of sp³-hybridized carbons (Fsp3) is 0.667. The van der Waals surface area contributed by atoms with Crippen molar-refractivity contribution in [3.63, 3.8) is 0 Å². The molecule has 0 aliphatic rings. The van der Waals surface area contributed by atoms with E-state index < -0.39 is 0 Å². The van der Waals surface area contributed by atoms with Gasteiger partial charge in [-0.1, -0.05) is 26.8 Å². The number of rotatable bonds is 10. The van der Waals surface area contributed by atoms with Gasteiger partial charge < -0.3 is 16.0 Å². The number of hydrogen-bond acceptors (Lipinski definition) is 4. The van der Waals surface area contributed by atoms with Crippen LogP contribution in [0.5, 0.6) is 0 Å². The van der Waals surface area contributed by atoms with Gasteiger partial charge in [-0.05, 0) is 43.9 Å². The summed E-state index contributed by atoms with van der Waals surface area (Å²) in [5.74, 6) is 1.03. The van der Waals surface area contributed by atoms with Crippen LogP contribution >= 0.6 is 0 Å². The molecule has 1 aromatic heterocycles. The number of carbonyl (C=O) groups is 1. The molecule has 5 nitrogen and oxygen atoms in total. The van der Waals surface area contributed by atoms with Crippen LogP contribution in [-0.4, -0.2) is 37.6 Å². The molecule has 0 fully saturated rings. The summed E-state index contributed by atoms with van der Waals surface area (Å²) < 4.78 is 0. The predicted octanol–water partition coefficient (Wildman–Crippen LogP) is 2.76. The van der Waals surface area contributed by atoms with E-state index in [0.717, 1.165) is 50.3 Å². The van der Waals surface area contributed by atoms with Gasteiger partial charge in [0.15, 0.2) is 0 Å². The number of nitrogens with zero attached hydrogens (tertiary/aromatic N) is 1. The lowest BCUT2D eigenvalue weighted by atomic mass is 10.1. The van der Waals surface area contributed by atoms with E-state index in [9.17, 15) is 4.79 Å². The van der Waals surface area contributed by atoms with Crippen LogP contribution in [0.4, 0.5) is 5.82 Å². The van der Waals surface area contributed by atoms with Crippen molar-refractivity contribution < 1.29 is 4.79 Å². The van der Waals surface area contributed by atoms with E-state index >= 15 is 0 Å². The first kappa shape index (κ1) is 21.4. The summed E-state index contributed by atoms with van der Waals surface area (Å²) in [6.07, 6.45) is 4.24.